The standard InChI is InChI=1S/C21H20ClN3O/c1-13-8-9-16-11-17(21(22)23-18(16)10-13)20-12-19(24-25(20)14(2)26)15-6-4-3-5-7-15/h3-11,20-21,23H,12H2,1-2H3. The topological polar surface area (TPSA) is 44.7 Å². The van der Waals surface area contributed by atoms with Crippen LogP contribution in [0.4, 0.5) is 5.69 Å². The van der Waals surface area contributed by atoms with Crippen LogP contribution in [-0.4, -0.2) is 28.2 Å². The Hall–Kier alpha value is -2.59. The number of anilines is 1. The fraction of sp³-hybridized carbons (Fsp3) is 0.238. The predicted molar refractivity (Wildman–Crippen MR) is 106 cm³/mol. The summed E-state index contributed by atoms with van der Waals surface area (Å²) in [4.78, 5) is 12.2. The van der Waals surface area contributed by atoms with Crippen molar-refractivity contribution < 1.29 is 4.79 Å². The number of carbonyl (C=O) groups is 1. The molecule has 4 rings (SSSR count). The Kier molecular flexibility index (Phi) is 4.29. The lowest BCUT2D eigenvalue weighted by Crippen LogP contribution is -2.38. The van der Waals surface area contributed by atoms with Crippen LogP contribution in [-0.2, 0) is 4.79 Å². The van der Waals surface area contributed by atoms with Gasteiger partial charge in [0.2, 0.25) is 5.91 Å². The molecule has 0 aromatic heterocycles. The van der Waals surface area contributed by atoms with E-state index in [0.717, 1.165) is 28.1 Å². The second-order valence-corrected chi connectivity index (χ2v) is 7.17. The van der Waals surface area contributed by atoms with Gasteiger partial charge in [-0.1, -0.05) is 54.1 Å². The van der Waals surface area contributed by atoms with Crippen molar-refractivity contribution in [2.45, 2.75) is 31.8 Å². The van der Waals surface area contributed by atoms with Crippen LogP contribution < -0.4 is 5.32 Å². The molecule has 2 aliphatic heterocycles. The number of amides is 1. The number of halogens is 1. The molecule has 0 saturated heterocycles. The van der Waals surface area contributed by atoms with Crippen LogP contribution in [0.25, 0.3) is 6.08 Å². The van der Waals surface area contributed by atoms with E-state index in [0.29, 0.717) is 6.42 Å². The molecule has 0 radical (unpaired) electrons. The molecule has 2 aliphatic rings. The molecular weight excluding hydrogens is 346 g/mol. The number of rotatable bonds is 2. The number of nitrogens with one attached hydrogen (secondary N) is 1. The minimum Gasteiger partial charge on any atom is -0.365 e. The zero-order chi connectivity index (χ0) is 18.3. The number of nitrogens with zero attached hydrogens (tertiary/aromatic N) is 2. The van der Waals surface area contributed by atoms with Crippen LogP contribution >= 0.6 is 11.6 Å². The Labute approximate surface area is 158 Å². The maximum Gasteiger partial charge on any atom is 0.240 e. The average molecular weight is 366 g/mol. The lowest BCUT2D eigenvalue weighted by Gasteiger charge is -2.30. The zero-order valence-corrected chi connectivity index (χ0v) is 15.5. The first-order valence-corrected chi connectivity index (χ1v) is 9.12. The fourth-order valence-corrected chi connectivity index (χ4v) is 3.85. The molecule has 2 aromatic carbocycles. The monoisotopic (exact) mass is 365 g/mol. The number of hydrogen-bond donors (Lipinski definition) is 1. The Morgan fingerprint density at radius 3 is 2.73 bits per heavy atom. The van der Waals surface area contributed by atoms with Crippen molar-refractivity contribution in [3.63, 3.8) is 0 Å². The van der Waals surface area contributed by atoms with Crippen LogP contribution in [0.2, 0.25) is 0 Å². The minimum absolute atomic E-state index is 0.0830. The number of carbonyl (C=O) groups excluding carboxylic acids is 1. The van der Waals surface area contributed by atoms with E-state index in [1.807, 2.05) is 30.3 Å². The lowest BCUT2D eigenvalue weighted by atomic mass is 9.93. The summed E-state index contributed by atoms with van der Waals surface area (Å²) in [6.07, 6.45) is 2.74. The summed E-state index contributed by atoms with van der Waals surface area (Å²) in [5, 5.41) is 9.50. The van der Waals surface area contributed by atoms with Crippen molar-refractivity contribution in [3.05, 3.63) is 70.8 Å². The Morgan fingerprint density at radius 1 is 1.23 bits per heavy atom. The molecule has 5 heteroatoms. The Bertz CT molecular complexity index is 920. The first-order valence-electron chi connectivity index (χ1n) is 8.68. The summed E-state index contributed by atoms with van der Waals surface area (Å²) in [6, 6.07) is 16.0. The maximum absolute atomic E-state index is 12.2. The van der Waals surface area contributed by atoms with E-state index < -0.39 is 0 Å². The molecule has 2 unspecified atom stereocenters. The van der Waals surface area contributed by atoms with Gasteiger partial charge in [0.1, 0.15) is 5.50 Å². The van der Waals surface area contributed by atoms with Gasteiger partial charge in [-0.3, -0.25) is 4.79 Å². The number of aryl methyl sites for hydroxylation is 1. The van der Waals surface area contributed by atoms with E-state index in [-0.39, 0.29) is 17.5 Å². The van der Waals surface area contributed by atoms with Crippen LogP contribution in [0.5, 0.6) is 0 Å². The molecule has 0 spiro atoms. The van der Waals surface area contributed by atoms with Crippen molar-refractivity contribution in [2.75, 3.05) is 5.32 Å². The molecule has 26 heavy (non-hydrogen) atoms. The third-order valence-electron chi connectivity index (χ3n) is 4.83. The predicted octanol–water partition coefficient (Wildman–Crippen LogP) is 4.39. The van der Waals surface area contributed by atoms with Crippen LogP contribution in [0.1, 0.15) is 30.0 Å². The van der Waals surface area contributed by atoms with Crippen LogP contribution in [0.3, 0.4) is 0 Å². The second kappa shape index (κ2) is 6.61. The van der Waals surface area contributed by atoms with Crippen molar-refractivity contribution in [2.24, 2.45) is 5.10 Å². The molecule has 2 heterocycles. The highest BCUT2D eigenvalue weighted by atomic mass is 35.5. The van der Waals surface area contributed by atoms with Gasteiger partial charge in [-0.25, -0.2) is 5.01 Å². The summed E-state index contributed by atoms with van der Waals surface area (Å²) in [7, 11) is 0. The van der Waals surface area contributed by atoms with Crippen molar-refractivity contribution in [3.8, 4) is 0 Å². The SMILES string of the molecule is CC(=O)N1N=C(c2ccccc2)CC1C1=Cc2ccc(C)cc2NC1Cl. The van der Waals surface area contributed by atoms with Gasteiger partial charge in [-0.05, 0) is 41.3 Å². The van der Waals surface area contributed by atoms with Gasteiger partial charge in [-0.2, -0.15) is 5.10 Å². The van der Waals surface area contributed by atoms with E-state index in [1.54, 1.807) is 11.9 Å². The molecule has 1 N–H and O–H groups in total. The van der Waals surface area contributed by atoms with E-state index >= 15 is 0 Å². The van der Waals surface area contributed by atoms with Gasteiger partial charge in [0.15, 0.2) is 0 Å². The molecular formula is C21H20ClN3O. The number of hydrazone groups is 1. The Morgan fingerprint density at radius 2 is 2.00 bits per heavy atom. The highest BCUT2D eigenvalue weighted by molar-refractivity contribution is 6.24. The molecule has 0 saturated carbocycles. The van der Waals surface area contributed by atoms with E-state index in [9.17, 15) is 4.79 Å². The van der Waals surface area contributed by atoms with Gasteiger partial charge in [0.25, 0.3) is 0 Å². The van der Waals surface area contributed by atoms with Crippen LogP contribution in [0, 0.1) is 6.92 Å². The van der Waals surface area contributed by atoms with Gasteiger partial charge >= 0.3 is 0 Å². The molecule has 2 aromatic rings. The third-order valence-corrected chi connectivity index (χ3v) is 5.19. The third kappa shape index (κ3) is 3.01. The second-order valence-electron chi connectivity index (χ2n) is 6.74. The van der Waals surface area contributed by atoms with E-state index in [1.165, 1.54) is 5.56 Å². The van der Waals surface area contributed by atoms with E-state index in [4.69, 9.17) is 11.6 Å². The van der Waals surface area contributed by atoms with Crippen LogP contribution in [0.15, 0.2) is 59.2 Å². The van der Waals surface area contributed by atoms with E-state index in [2.05, 4.69) is 41.6 Å². The molecule has 132 valence electrons. The highest BCUT2D eigenvalue weighted by Gasteiger charge is 2.36. The Balaban J connectivity index is 1.70. The van der Waals surface area contributed by atoms with Gasteiger partial charge in [0.05, 0.1) is 11.8 Å². The molecule has 4 nitrogen and oxygen atoms in total. The summed E-state index contributed by atoms with van der Waals surface area (Å²) in [6.45, 7) is 3.60. The summed E-state index contributed by atoms with van der Waals surface area (Å²) in [5.41, 5.74) is 5.81. The lowest BCUT2D eigenvalue weighted by molar-refractivity contribution is -0.129. The molecule has 0 aliphatic carbocycles. The van der Waals surface area contributed by atoms with Gasteiger partial charge in [0, 0.05) is 19.0 Å². The zero-order valence-electron chi connectivity index (χ0n) is 14.7. The minimum atomic E-state index is -0.374. The first kappa shape index (κ1) is 16.9. The maximum atomic E-state index is 12.2. The van der Waals surface area contributed by atoms with Gasteiger partial charge in [-0.15, -0.1) is 0 Å². The highest BCUT2D eigenvalue weighted by Crippen LogP contribution is 2.36. The number of benzene rings is 2. The van der Waals surface area contributed by atoms with Gasteiger partial charge < -0.3 is 5.32 Å². The summed E-state index contributed by atoms with van der Waals surface area (Å²) >= 11 is 6.64. The molecule has 1 amide bonds. The normalized spacial score (nSPS) is 21.6. The average Bonchev–Trinajstić information content (AvgIpc) is 3.07. The number of fused-ring (bicyclic) bond motifs is 1. The summed E-state index contributed by atoms with van der Waals surface area (Å²) < 4.78 is 0. The number of alkyl halides is 1. The first-order chi connectivity index (χ1) is 12.5. The van der Waals surface area contributed by atoms with Crippen molar-refractivity contribution >= 4 is 35.0 Å². The smallest absolute Gasteiger partial charge is 0.240 e. The molecule has 0 bridgehead atoms. The molecule has 2 atom stereocenters. The van der Waals surface area contributed by atoms with Crippen molar-refractivity contribution in [1.82, 2.24) is 5.01 Å². The summed E-state index contributed by atoms with van der Waals surface area (Å²) in [5.74, 6) is -0.0830. The largest absolute Gasteiger partial charge is 0.365 e. The molecule has 0 fully saturated rings. The quantitative estimate of drug-likeness (QED) is 0.633. The number of hydrogen-bond acceptors (Lipinski definition) is 3. The fourth-order valence-electron chi connectivity index (χ4n) is 3.52. The van der Waals surface area contributed by atoms with Crippen molar-refractivity contribution in [1.29, 1.82) is 0 Å².